The standard InChI is InChI=1S/C13H15ClFNO4S/c1-20-13(17)11-4-2-3-7-16(11)21(18,19)12-8-9(15)5-6-10(12)14/h5-6,8,11H,2-4,7H2,1H3/t11-/m1/s1. The molecular formula is C13H15ClFNO4S. The van der Waals surface area contributed by atoms with Crippen LogP contribution in [0.4, 0.5) is 4.39 Å². The lowest BCUT2D eigenvalue weighted by atomic mass is 10.1. The lowest BCUT2D eigenvalue weighted by Gasteiger charge is -2.32. The van der Waals surface area contributed by atoms with Gasteiger partial charge in [0.15, 0.2) is 0 Å². The zero-order chi connectivity index (χ0) is 15.6. The summed E-state index contributed by atoms with van der Waals surface area (Å²) in [6.07, 6.45) is 1.72. The van der Waals surface area contributed by atoms with Gasteiger partial charge in [0.05, 0.1) is 12.1 Å². The highest BCUT2D eigenvalue weighted by Gasteiger charge is 2.39. The largest absolute Gasteiger partial charge is 0.468 e. The van der Waals surface area contributed by atoms with E-state index < -0.39 is 27.9 Å². The highest BCUT2D eigenvalue weighted by Crippen LogP contribution is 2.30. The van der Waals surface area contributed by atoms with Crippen LogP contribution in [-0.4, -0.2) is 38.4 Å². The maximum Gasteiger partial charge on any atom is 0.324 e. The maximum atomic E-state index is 13.3. The number of rotatable bonds is 3. The normalized spacial score (nSPS) is 20.2. The van der Waals surface area contributed by atoms with Crippen molar-refractivity contribution in [1.29, 1.82) is 0 Å². The molecule has 0 unspecified atom stereocenters. The van der Waals surface area contributed by atoms with E-state index in [9.17, 15) is 17.6 Å². The highest BCUT2D eigenvalue weighted by atomic mass is 35.5. The summed E-state index contributed by atoms with van der Waals surface area (Å²) in [4.78, 5) is 11.4. The van der Waals surface area contributed by atoms with Crippen LogP contribution in [0.5, 0.6) is 0 Å². The smallest absolute Gasteiger partial charge is 0.324 e. The molecule has 1 atom stereocenters. The predicted molar refractivity (Wildman–Crippen MR) is 75.0 cm³/mol. The van der Waals surface area contributed by atoms with E-state index in [1.165, 1.54) is 13.2 Å². The van der Waals surface area contributed by atoms with Gasteiger partial charge in [-0.2, -0.15) is 4.31 Å². The minimum absolute atomic E-state index is 0.0782. The summed E-state index contributed by atoms with van der Waals surface area (Å²) in [7, 11) is -2.85. The first-order chi connectivity index (χ1) is 9.87. The third kappa shape index (κ3) is 3.20. The molecule has 8 heteroatoms. The molecule has 0 N–H and O–H groups in total. The van der Waals surface area contributed by atoms with E-state index in [1.54, 1.807) is 0 Å². The summed E-state index contributed by atoms with van der Waals surface area (Å²) in [5, 5.41) is -0.0782. The molecule has 1 fully saturated rings. The average Bonchev–Trinajstić information content (AvgIpc) is 2.48. The second-order valence-electron chi connectivity index (χ2n) is 4.73. The molecule has 0 aromatic heterocycles. The minimum Gasteiger partial charge on any atom is -0.468 e. The second kappa shape index (κ2) is 6.29. The van der Waals surface area contributed by atoms with Gasteiger partial charge in [-0.1, -0.05) is 11.6 Å². The van der Waals surface area contributed by atoms with E-state index in [2.05, 4.69) is 4.74 Å². The summed E-state index contributed by atoms with van der Waals surface area (Å²) in [5.74, 6) is -1.32. The second-order valence-corrected chi connectivity index (χ2v) is 6.99. The Labute approximate surface area is 127 Å². The Hall–Kier alpha value is -1.18. The van der Waals surface area contributed by atoms with Gasteiger partial charge in [0.25, 0.3) is 0 Å². The summed E-state index contributed by atoms with van der Waals surface area (Å²) in [6.45, 7) is 0.176. The van der Waals surface area contributed by atoms with E-state index in [0.29, 0.717) is 12.8 Å². The quantitative estimate of drug-likeness (QED) is 0.794. The molecule has 0 radical (unpaired) electrons. The summed E-state index contributed by atoms with van der Waals surface area (Å²) >= 11 is 5.87. The Morgan fingerprint density at radius 2 is 2.14 bits per heavy atom. The number of benzene rings is 1. The first-order valence-corrected chi connectivity index (χ1v) is 8.24. The van der Waals surface area contributed by atoms with Crippen LogP contribution < -0.4 is 0 Å². The third-order valence-electron chi connectivity index (χ3n) is 3.41. The number of methoxy groups -OCH3 is 1. The minimum atomic E-state index is -4.06. The van der Waals surface area contributed by atoms with Gasteiger partial charge >= 0.3 is 5.97 Å². The first kappa shape index (κ1) is 16.2. The molecule has 1 aromatic rings. The number of ether oxygens (including phenoxy) is 1. The molecule has 1 saturated heterocycles. The number of halogens is 2. The van der Waals surface area contributed by atoms with Crippen LogP contribution in [0.1, 0.15) is 19.3 Å². The fraction of sp³-hybridized carbons (Fsp3) is 0.462. The van der Waals surface area contributed by atoms with Crippen molar-refractivity contribution in [2.75, 3.05) is 13.7 Å². The summed E-state index contributed by atoms with van der Waals surface area (Å²) in [5.41, 5.74) is 0. The van der Waals surface area contributed by atoms with Gasteiger partial charge < -0.3 is 4.74 Å². The van der Waals surface area contributed by atoms with Crippen LogP contribution in [0.3, 0.4) is 0 Å². The lowest BCUT2D eigenvalue weighted by molar-refractivity contribution is -0.146. The van der Waals surface area contributed by atoms with Gasteiger partial charge in [0, 0.05) is 6.54 Å². The number of sulfonamides is 1. The number of carbonyl (C=O) groups excluding carboxylic acids is 1. The van der Waals surface area contributed by atoms with Crippen LogP contribution in [0.2, 0.25) is 5.02 Å². The molecule has 0 spiro atoms. The van der Waals surface area contributed by atoms with Crippen molar-refractivity contribution >= 4 is 27.6 Å². The summed E-state index contributed by atoms with van der Waals surface area (Å²) < 4.78 is 44.3. The van der Waals surface area contributed by atoms with E-state index >= 15 is 0 Å². The SMILES string of the molecule is COC(=O)[C@H]1CCCCN1S(=O)(=O)c1cc(F)ccc1Cl. The van der Waals surface area contributed by atoms with Crippen molar-refractivity contribution in [3.05, 3.63) is 29.0 Å². The fourth-order valence-electron chi connectivity index (χ4n) is 2.37. The first-order valence-electron chi connectivity index (χ1n) is 6.42. The van der Waals surface area contributed by atoms with Crippen LogP contribution in [0.15, 0.2) is 23.1 Å². The molecule has 1 aliphatic heterocycles. The molecule has 0 aliphatic carbocycles. The van der Waals surface area contributed by atoms with Crippen LogP contribution in [0, 0.1) is 5.82 Å². The van der Waals surface area contributed by atoms with E-state index in [4.69, 9.17) is 11.6 Å². The molecule has 116 valence electrons. The van der Waals surface area contributed by atoms with Crippen molar-refractivity contribution in [2.24, 2.45) is 0 Å². The number of piperidine rings is 1. The number of carbonyl (C=O) groups is 1. The Bertz CT molecular complexity index is 650. The molecule has 1 heterocycles. The maximum absolute atomic E-state index is 13.3. The van der Waals surface area contributed by atoms with Gasteiger partial charge in [0.1, 0.15) is 16.8 Å². The number of nitrogens with zero attached hydrogens (tertiary/aromatic N) is 1. The third-order valence-corrected chi connectivity index (χ3v) is 5.80. The highest BCUT2D eigenvalue weighted by molar-refractivity contribution is 7.89. The van der Waals surface area contributed by atoms with Crippen molar-refractivity contribution < 1.29 is 22.3 Å². The topological polar surface area (TPSA) is 63.7 Å². The monoisotopic (exact) mass is 335 g/mol. The van der Waals surface area contributed by atoms with E-state index in [0.717, 1.165) is 22.9 Å². The Morgan fingerprint density at radius 1 is 1.43 bits per heavy atom. The summed E-state index contributed by atoms with van der Waals surface area (Å²) in [6, 6.07) is 2.23. The average molecular weight is 336 g/mol. The van der Waals surface area contributed by atoms with Gasteiger partial charge in [-0.15, -0.1) is 0 Å². The Kier molecular flexibility index (Phi) is 4.85. The van der Waals surface area contributed by atoms with Gasteiger partial charge in [-0.25, -0.2) is 12.8 Å². The Morgan fingerprint density at radius 3 is 2.81 bits per heavy atom. The zero-order valence-electron chi connectivity index (χ0n) is 11.4. The van der Waals surface area contributed by atoms with Gasteiger partial charge in [-0.3, -0.25) is 4.79 Å². The van der Waals surface area contributed by atoms with Crippen molar-refractivity contribution in [3.8, 4) is 0 Å². The van der Waals surface area contributed by atoms with E-state index in [1.807, 2.05) is 0 Å². The molecule has 0 saturated carbocycles. The molecule has 2 rings (SSSR count). The molecule has 0 bridgehead atoms. The van der Waals surface area contributed by atoms with Gasteiger partial charge in [-0.05, 0) is 37.5 Å². The molecule has 5 nitrogen and oxygen atoms in total. The van der Waals surface area contributed by atoms with Crippen LogP contribution >= 0.6 is 11.6 Å². The number of hydrogen-bond acceptors (Lipinski definition) is 4. The number of esters is 1. The van der Waals surface area contributed by atoms with Crippen LogP contribution in [-0.2, 0) is 19.6 Å². The predicted octanol–water partition coefficient (Wildman–Crippen LogP) is 2.20. The van der Waals surface area contributed by atoms with E-state index in [-0.39, 0.29) is 16.5 Å². The molecule has 1 aliphatic rings. The van der Waals surface area contributed by atoms with Crippen molar-refractivity contribution in [2.45, 2.75) is 30.2 Å². The van der Waals surface area contributed by atoms with Gasteiger partial charge in [0.2, 0.25) is 10.0 Å². The van der Waals surface area contributed by atoms with Crippen molar-refractivity contribution in [1.82, 2.24) is 4.31 Å². The lowest BCUT2D eigenvalue weighted by Crippen LogP contribution is -2.48. The molecular weight excluding hydrogens is 321 g/mol. The fourth-order valence-corrected chi connectivity index (χ4v) is 4.50. The Balaban J connectivity index is 2.45. The zero-order valence-corrected chi connectivity index (χ0v) is 13.0. The van der Waals surface area contributed by atoms with Crippen molar-refractivity contribution in [3.63, 3.8) is 0 Å². The molecule has 21 heavy (non-hydrogen) atoms. The number of hydrogen-bond donors (Lipinski definition) is 0. The van der Waals surface area contributed by atoms with Crippen LogP contribution in [0.25, 0.3) is 0 Å². The molecule has 0 amide bonds. The molecule has 1 aromatic carbocycles.